The molecule has 0 heterocycles. The number of ether oxygens (including phenoxy) is 2. The lowest BCUT2D eigenvalue weighted by atomic mass is 10.3. The number of hydrogen-bond acceptors (Lipinski definition) is 5. The molecule has 0 aromatic heterocycles. The van der Waals surface area contributed by atoms with Gasteiger partial charge in [-0.05, 0) is 38.1 Å². The van der Waals surface area contributed by atoms with Crippen LogP contribution in [-0.2, 0) is 4.57 Å². The summed E-state index contributed by atoms with van der Waals surface area (Å²) in [6.45, 7) is 3.15. The Morgan fingerprint density at radius 1 is 0.720 bits per heavy atom. The number of rotatable bonds is 4. The van der Waals surface area contributed by atoms with Crippen LogP contribution < -0.4 is 9.47 Å². The fourth-order valence-electron chi connectivity index (χ4n) is 1.39. The minimum atomic E-state index is -4.64. The monoisotopic (exact) mass is 374 g/mol. The molecule has 0 saturated carbocycles. The third kappa shape index (κ3) is 18.3. The zero-order valence-corrected chi connectivity index (χ0v) is 14.7. The van der Waals surface area contributed by atoms with Crippen molar-refractivity contribution in [3.8, 4) is 11.5 Å². The molecule has 0 saturated heterocycles. The van der Waals surface area contributed by atoms with E-state index < -0.39 is 20.4 Å². The van der Waals surface area contributed by atoms with Crippen LogP contribution in [0.4, 0.5) is 0 Å². The largest absolute Gasteiger partial charge is 0.466 e. The summed E-state index contributed by atoms with van der Waals surface area (Å²) < 4.78 is 18.8. The third-order valence-corrected chi connectivity index (χ3v) is 2.10. The van der Waals surface area contributed by atoms with E-state index in [0.29, 0.717) is 11.5 Å². The summed E-state index contributed by atoms with van der Waals surface area (Å²) >= 11 is 0. The maximum atomic E-state index is 8.88. The number of aliphatic hydroxyl groups excluding tert-OH is 2. The molecule has 8 nitrogen and oxygen atoms in total. The van der Waals surface area contributed by atoms with E-state index in [1.54, 1.807) is 38.1 Å². The minimum Gasteiger partial charge on any atom is -0.465 e. The molecular weight excluding hydrogens is 351 g/mol. The summed E-state index contributed by atoms with van der Waals surface area (Å²) in [6, 6.07) is 18.4. The summed E-state index contributed by atoms with van der Waals surface area (Å²) in [5.74, 6) is 1.38. The van der Waals surface area contributed by atoms with E-state index in [4.69, 9.17) is 38.9 Å². The molecule has 0 bridgehead atoms. The van der Waals surface area contributed by atoms with E-state index in [1.165, 1.54) is 0 Å². The average molecular weight is 374 g/mol. The predicted molar refractivity (Wildman–Crippen MR) is 91.8 cm³/mol. The van der Waals surface area contributed by atoms with Gasteiger partial charge in [0.25, 0.3) is 0 Å². The van der Waals surface area contributed by atoms with E-state index >= 15 is 0 Å². The molecule has 2 rings (SSSR count). The van der Waals surface area contributed by atoms with Crippen molar-refractivity contribution in [1.29, 1.82) is 0 Å². The molecule has 2 aromatic rings. The van der Waals surface area contributed by atoms with Crippen LogP contribution in [0.5, 0.6) is 11.5 Å². The Kier molecular flexibility index (Phi) is 11.5. The zero-order valence-electron chi connectivity index (χ0n) is 13.8. The molecular formula is C16H23O8P. The van der Waals surface area contributed by atoms with Crippen molar-refractivity contribution in [1.82, 2.24) is 0 Å². The van der Waals surface area contributed by atoms with Crippen LogP contribution in [0.2, 0.25) is 0 Å². The summed E-state index contributed by atoms with van der Waals surface area (Å²) in [4.78, 5) is 21.6. The Balaban J connectivity index is 0.000000368. The Morgan fingerprint density at radius 3 is 1.16 bits per heavy atom. The highest BCUT2D eigenvalue weighted by Crippen LogP contribution is 2.25. The van der Waals surface area contributed by atoms with Gasteiger partial charge in [0.15, 0.2) is 12.6 Å². The molecule has 2 atom stereocenters. The summed E-state index contributed by atoms with van der Waals surface area (Å²) in [5.41, 5.74) is 0. The zero-order chi connectivity index (χ0) is 19.3. The van der Waals surface area contributed by atoms with Gasteiger partial charge in [0.1, 0.15) is 11.5 Å². The van der Waals surface area contributed by atoms with Gasteiger partial charge in [-0.25, -0.2) is 4.57 Å². The first-order valence-corrected chi connectivity index (χ1v) is 8.72. The molecule has 9 heteroatoms. The molecule has 0 spiro atoms. The van der Waals surface area contributed by atoms with Crippen LogP contribution in [0, 0.1) is 0 Å². The molecule has 0 amide bonds. The quantitative estimate of drug-likeness (QED) is 0.404. The second-order valence-electron chi connectivity index (χ2n) is 4.57. The highest BCUT2D eigenvalue weighted by molar-refractivity contribution is 7.45. The lowest BCUT2D eigenvalue weighted by Gasteiger charge is -2.06. The van der Waals surface area contributed by atoms with Gasteiger partial charge in [-0.3, -0.25) is 0 Å². The first-order valence-electron chi connectivity index (χ1n) is 7.15. The van der Waals surface area contributed by atoms with Gasteiger partial charge in [0.05, 0.1) is 0 Å². The maximum absolute atomic E-state index is 8.88. The van der Waals surface area contributed by atoms with Crippen molar-refractivity contribution < 1.29 is 38.9 Å². The van der Waals surface area contributed by atoms with Crippen LogP contribution in [0.1, 0.15) is 13.8 Å². The fraction of sp³-hybridized carbons (Fsp3) is 0.250. The Hall–Kier alpha value is -1.93. The van der Waals surface area contributed by atoms with Gasteiger partial charge in [0.2, 0.25) is 0 Å². The van der Waals surface area contributed by atoms with Crippen LogP contribution in [-0.4, -0.2) is 37.5 Å². The number of phosphoric acid groups is 1. The van der Waals surface area contributed by atoms with Gasteiger partial charge in [-0.2, -0.15) is 0 Å². The molecule has 25 heavy (non-hydrogen) atoms. The highest BCUT2D eigenvalue weighted by atomic mass is 31.2. The summed E-state index contributed by atoms with van der Waals surface area (Å²) in [6.07, 6.45) is -1.47. The standard InChI is InChI=1S/2C8H10O2.H3O4P/c2*1-7(9)10-8-5-3-2-4-6-8;1-5(2,3)4/h2*2-7,9H,1H3;(H3,1,2,3,4). The van der Waals surface area contributed by atoms with E-state index in [9.17, 15) is 0 Å². The predicted octanol–water partition coefficient (Wildman–Crippen LogP) is 1.88. The highest BCUT2D eigenvalue weighted by Gasteiger charge is 2.00. The van der Waals surface area contributed by atoms with E-state index in [1.807, 2.05) is 36.4 Å². The van der Waals surface area contributed by atoms with Crippen molar-refractivity contribution in [2.24, 2.45) is 0 Å². The molecule has 0 fully saturated rings. The summed E-state index contributed by atoms with van der Waals surface area (Å²) in [7, 11) is -4.64. The molecule has 0 aliphatic carbocycles. The van der Waals surface area contributed by atoms with E-state index in [0.717, 1.165) is 0 Å². The van der Waals surface area contributed by atoms with Crippen molar-refractivity contribution in [2.45, 2.75) is 26.4 Å². The molecule has 2 unspecified atom stereocenters. The second kappa shape index (κ2) is 12.4. The number of aliphatic hydroxyl groups is 2. The molecule has 2 aromatic carbocycles. The number of benzene rings is 2. The molecule has 5 N–H and O–H groups in total. The second-order valence-corrected chi connectivity index (χ2v) is 5.60. The maximum Gasteiger partial charge on any atom is 0.466 e. The van der Waals surface area contributed by atoms with Crippen LogP contribution >= 0.6 is 7.82 Å². The van der Waals surface area contributed by atoms with Gasteiger partial charge in [-0.15, -0.1) is 0 Å². The Bertz CT molecular complexity index is 544. The normalized spacial score (nSPS) is 12.4. The SMILES string of the molecule is CC(O)Oc1ccccc1.CC(O)Oc1ccccc1.O=P(O)(O)O. The van der Waals surface area contributed by atoms with Crippen LogP contribution in [0.25, 0.3) is 0 Å². The van der Waals surface area contributed by atoms with Gasteiger partial charge >= 0.3 is 7.82 Å². The van der Waals surface area contributed by atoms with Crippen LogP contribution in [0.15, 0.2) is 60.7 Å². The van der Waals surface area contributed by atoms with Gasteiger partial charge < -0.3 is 34.4 Å². The minimum absolute atomic E-state index is 0.692. The topological polar surface area (TPSA) is 137 Å². The lowest BCUT2D eigenvalue weighted by Crippen LogP contribution is -2.09. The van der Waals surface area contributed by atoms with Gasteiger partial charge in [-0.1, -0.05) is 36.4 Å². The average Bonchev–Trinajstić information content (AvgIpc) is 2.47. The first-order chi connectivity index (χ1) is 11.6. The van der Waals surface area contributed by atoms with E-state index in [2.05, 4.69) is 0 Å². The van der Waals surface area contributed by atoms with Crippen LogP contribution in [0.3, 0.4) is 0 Å². The van der Waals surface area contributed by atoms with Crippen molar-refractivity contribution >= 4 is 7.82 Å². The Morgan fingerprint density at radius 2 is 0.960 bits per heavy atom. The van der Waals surface area contributed by atoms with Crippen molar-refractivity contribution in [3.63, 3.8) is 0 Å². The first kappa shape index (κ1) is 23.1. The Labute approximate surface area is 146 Å². The van der Waals surface area contributed by atoms with E-state index in [-0.39, 0.29) is 0 Å². The van der Waals surface area contributed by atoms with Gasteiger partial charge in [0, 0.05) is 0 Å². The molecule has 0 radical (unpaired) electrons. The molecule has 140 valence electrons. The molecule has 0 aliphatic heterocycles. The number of para-hydroxylation sites is 2. The van der Waals surface area contributed by atoms with Crippen molar-refractivity contribution in [3.05, 3.63) is 60.7 Å². The van der Waals surface area contributed by atoms with Crippen molar-refractivity contribution in [2.75, 3.05) is 0 Å². The fourth-order valence-corrected chi connectivity index (χ4v) is 1.39. The summed E-state index contributed by atoms with van der Waals surface area (Å²) in [5, 5.41) is 17.6. The smallest absolute Gasteiger partial charge is 0.465 e. The number of hydrogen-bond donors (Lipinski definition) is 5. The lowest BCUT2D eigenvalue weighted by molar-refractivity contribution is -0.000878. The molecule has 0 aliphatic rings. The third-order valence-electron chi connectivity index (χ3n) is 2.10.